The van der Waals surface area contributed by atoms with Crippen LogP contribution in [0.2, 0.25) is 0 Å². The molecule has 1 aliphatic carbocycles. The fourth-order valence-corrected chi connectivity index (χ4v) is 1.98. The highest BCUT2D eigenvalue weighted by Gasteiger charge is 2.27. The summed E-state index contributed by atoms with van der Waals surface area (Å²) < 4.78 is 0. The third kappa shape index (κ3) is 1.10. The maximum atomic E-state index is 4.42. The van der Waals surface area contributed by atoms with Crippen molar-refractivity contribution in [2.24, 2.45) is 0 Å². The van der Waals surface area contributed by atoms with Crippen molar-refractivity contribution in [2.45, 2.75) is 25.7 Å². The average Bonchev–Trinajstić information content (AvgIpc) is 3.01. The van der Waals surface area contributed by atoms with E-state index in [9.17, 15) is 0 Å². The van der Waals surface area contributed by atoms with Crippen LogP contribution in [0.1, 0.15) is 30.0 Å². The lowest BCUT2D eigenvalue weighted by Crippen LogP contribution is -1.93. The molecule has 1 fully saturated rings. The summed E-state index contributed by atoms with van der Waals surface area (Å²) in [6, 6.07) is 6.26. The number of aromatic nitrogens is 2. The van der Waals surface area contributed by atoms with Crippen LogP contribution < -0.4 is 0 Å². The predicted octanol–water partition coefficient (Wildman–Crippen LogP) is 2.82. The lowest BCUT2D eigenvalue weighted by Gasteiger charge is -2.05. The van der Waals surface area contributed by atoms with Crippen LogP contribution in [-0.2, 0) is 0 Å². The summed E-state index contributed by atoms with van der Waals surface area (Å²) >= 11 is 0. The Morgan fingerprint density at radius 3 is 2.86 bits per heavy atom. The van der Waals surface area contributed by atoms with Crippen LogP contribution >= 0.6 is 0 Å². The van der Waals surface area contributed by atoms with E-state index in [2.05, 4.69) is 35.1 Å². The predicted molar refractivity (Wildman–Crippen MR) is 56.3 cm³/mol. The molecule has 2 nitrogen and oxygen atoms in total. The highest BCUT2D eigenvalue weighted by atomic mass is 14.8. The first-order valence-electron chi connectivity index (χ1n) is 5.06. The van der Waals surface area contributed by atoms with E-state index in [1.165, 1.54) is 29.5 Å². The summed E-state index contributed by atoms with van der Waals surface area (Å²) in [5.74, 6) is 0.696. The molecule has 2 heteroatoms. The molecule has 1 aromatic carbocycles. The Bertz CT molecular complexity index is 481. The number of hydrogen-bond donors (Lipinski definition) is 0. The topological polar surface area (TPSA) is 25.8 Å². The molecule has 3 rings (SSSR count). The number of benzene rings is 1. The van der Waals surface area contributed by atoms with Gasteiger partial charge in [0.2, 0.25) is 0 Å². The Balaban J connectivity index is 2.37. The third-order valence-electron chi connectivity index (χ3n) is 2.86. The summed E-state index contributed by atoms with van der Waals surface area (Å²) in [7, 11) is 0. The maximum Gasteiger partial charge on any atom is 0.116 e. The second-order valence-corrected chi connectivity index (χ2v) is 4.00. The van der Waals surface area contributed by atoms with Crippen molar-refractivity contribution in [3.8, 4) is 0 Å². The van der Waals surface area contributed by atoms with Gasteiger partial charge in [-0.25, -0.2) is 9.97 Å². The van der Waals surface area contributed by atoms with Crippen LogP contribution in [0, 0.1) is 6.92 Å². The van der Waals surface area contributed by atoms with Gasteiger partial charge in [0.15, 0.2) is 0 Å². The Hall–Kier alpha value is -1.44. The van der Waals surface area contributed by atoms with Gasteiger partial charge >= 0.3 is 0 Å². The molecule has 0 amide bonds. The van der Waals surface area contributed by atoms with Gasteiger partial charge in [-0.15, -0.1) is 0 Å². The van der Waals surface area contributed by atoms with Crippen molar-refractivity contribution in [3.63, 3.8) is 0 Å². The number of fused-ring (bicyclic) bond motifs is 1. The van der Waals surface area contributed by atoms with E-state index in [1.54, 1.807) is 6.33 Å². The normalized spacial score (nSPS) is 16.1. The largest absolute Gasteiger partial charge is 0.240 e. The Labute approximate surface area is 83.0 Å². The lowest BCUT2D eigenvalue weighted by molar-refractivity contribution is 1.02. The highest BCUT2D eigenvalue weighted by molar-refractivity contribution is 5.84. The molecule has 14 heavy (non-hydrogen) atoms. The molecule has 1 heterocycles. The monoisotopic (exact) mass is 184 g/mol. The minimum absolute atomic E-state index is 0.696. The second-order valence-electron chi connectivity index (χ2n) is 4.00. The summed E-state index contributed by atoms with van der Waals surface area (Å²) in [5.41, 5.74) is 3.64. The molecule has 1 aromatic heterocycles. The minimum atomic E-state index is 0.696. The van der Waals surface area contributed by atoms with Crippen LogP contribution in [0.25, 0.3) is 10.9 Å². The van der Waals surface area contributed by atoms with Crippen molar-refractivity contribution >= 4 is 10.9 Å². The van der Waals surface area contributed by atoms with E-state index in [1.807, 2.05) is 0 Å². The van der Waals surface area contributed by atoms with Crippen LogP contribution in [0.5, 0.6) is 0 Å². The van der Waals surface area contributed by atoms with Gasteiger partial charge in [0.1, 0.15) is 6.33 Å². The highest BCUT2D eigenvalue weighted by Crippen LogP contribution is 2.42. The van der Waals surface area contributed by atoms with Gasteiger partial charge in [-0.1, -0.05) is 12.1 Å². The van der Waals surface area contributed by atoms with Gasteiger partial charge in [-0.3, -0.25) is 0 Å². The van der Waals surface area contributed by atoms with Crippen LogP contribution in [-0.4, -0.2) is 9.97 Å². The zero-order chi connectivity index (χ0) is 9.54. The number of rotatable bonds is 1. The number of nitrogens with zero attached hydrogens (tertiary/aromatic N) is 2. The molecule has 70 valence electrons. The fourth-order valence-electron chi connectivity index (χ4n) is 1.98. The van der Waals surface area contributed by atoms with Crippen molar-refractivity contribution in [1.82, 2.24) is 9.97 Å². The lowest BCUT2D eigenvalue weighted by atomic mass is 10.1. The van der Waals surface area contributed by atoms with Crippen LogP contribution in [0.3, 0.4) is 0 Å². The maximum absolute atomic E-state index is 4.42. The first kappa shape index (κ1) is 7.92. The molecule has 1 aliphatic rings. The van der Waals surface area contributed by atoms with Crippen molar-refractivity contribution in [3.05, 3.63) is 35.8 Å². The molecular weight excluding hydrogens is 172 g/mol. The van der Waals surface area contributed by atoms with Crippen molar-refractivity contribution in [1.29, 1.82) is 0 Å². The quantitative estimate of drug-likeness (QED) is 0.681. The van der Waals surface area contributed by atoms with Crippen molar-refractivity contribution < 1.29 is 0 Å². The molecule has 0 aliphatic heterocycles. The van der Waals surface area contributed by atoms with Crippen LogP contribution in [0.15, 0.2) is 24.5 Å². The molecule has 0 bridgehead atoms. The smallest absolute Gasteiger partial charge is 0.116 e. The van der Waals surface area contributed by atoms with E-state index < -0.39 is 0 Å². The van der Waals surface area contributed by atoms with Crippen molar-refractivity contribution in [2.75, 3.05) is 0 Å². The van der Waals surface area contributed by atoms with Gasteiger partial charge in [-0.2, -0.15) is 0 Å². The molecule has 1 saturated carbocycles. The van der Waals surface area contributed by atoms with E-state index in [0.717, 1.165) is 5.52 Å². The fraction of sp³-hybridized carbons (Fsp3) is 0.333. The minimum Gasteiger partial charge on any atom is -0.240 e. The first-order valence-corrected chi connectivity index (χ1v) is 5.06. The molecule has 0 radical (unpaired) electrons. The van der Waals surface area contributed by atoms with Gasteiger partial charge in [0, 0.05) is 11.3 Å². The van der Waals surface area contributed by atoms with Gasteiger partial charge in [-0.05, 0) is 31.4 Å². The molecule has 0 atom stereocenters. The van der Waals surface area contributed by atoms with E-state index in [-0.39, 0.29) is 0 Å². The second kappa shape index (κ2) is 2.77. The Morgan fingerprint density at radius 2 is 2.07 bits per heavy atom. The summed E-state index contributed by atoms with van der Waals surface area (Å²) in [6.45, 7) is 2.14. The standard InChI is InChI=1S/C12H12N2/c1-8-3-2-4-10-11(8)12(9-5-6-9)14-7-13-10/h2-4,7,9H,5-6H2,1H3. The summed E-state index contributed by atoms with van der Waals surface area (Å²) in [5, 5.41) is 1.28. The SMILES string of the molecule is Cc1cccc2ncnc(C3CC3)c12. The number of aryl methyl sites for hydroxylation is 1. The van der Waals surface area contributed by atoms with Gasteiger partial charge in [0.25, 0.3) is 0 Å². The Kier molecular flexibility index (Phi) is 1.57. The van der Waals surface area contributed by atoms with E-state index in [0.29, 0.717) is 5.92 Å². The zero-order valence-electron chi connectivity index (χ0n) is 8.20. The third-order valence-corrected chi connectivity index (χ3v) is 2.86. The molecule has 0 N–H and O–H groups in total. The molecular formula is C12H12N2. The molecule has 0 saturated heterocycles. The zero-order valence-corrected chi connectivity index (χ0v) is 8.20. The van der Waals surface area contributed by atoms with E-state index in [4.69, 9.17) is 0 Å². The van der Waals surface area contributed by atoms with Crippen LogP contribution in [0.4, 0.5) is 0 Å². The average molecular weight is 184 g/mol. The summed E-state index contributed by atoms with van der Waals surface area (Å²) in [4.78, 5) is 8.72. The summed E-state index contributed by atoms with van der Waals surface area (Å²) in [6.07, 6.45) is 4.27. The first-order chi connectivity index (χ1) is 6.86. The van der Waals surface area contributed by atoms with Gasteiger partial charge in [0.05, 0.1) is 11.2 Å². The molecule has 0 spiro atoms. The van der Waals surface area contributed by atoms with E-state index >= 15 is 0 Å². The number of hydrogen-bond acceptors (Lipinski definition) is 2. The molecule has 0 unspecified atom stereocenters. The molecule has 2 aromatic rings. The van der Waals surface area contributed by atoms with Gasteiger partial charge < -0.3 is 0 Å². The Morgan fingerprint density at radius 1 is 1.21 bits per heavy atom.